The minimum Gasteiger partial charge on any atom is -0.335 e. The lowest BCUT2D eigenvalue weighted by Crippen LogP contribution is -2.29. The topological polar surface area (TPSA) is 20.3 Å². The second-order valence-corrected chi connectivity index (χ2v) is 5.67. The second kappa shape index (κ2) is 6.50. The quantitative estimate of drug-likeness (QED) is 0.818. The molecule has 2 nitrogen and oxygen atoms in total. The molecule has 0 N–H and O–H groups in total. The Hall–Kier alpha value is -1.52. The molecule has 0 fully saturated rings. The average Bonchev–Trinajstić information content (AvgIpc) is 2.48. The molecule has 0 aromatic heterocycles. The molecule has 2 aromatic carbocycles. The molecule has 5 heteroatoms. The van der Waals surface area contributed by atoms with Crippen molar-refractivity contribution >= 4 is 30.1 Å². The lowest BCUT2D eigenvalue weighted by Gasteiger charge is -2.26. The van der Waals surface area contributed by atoms with E-state index in [-0.39, 0.29) is 16.8 Å². The van der Waals surface area contributed by atoms with Gasteiger partial charge in [0.15, 0.2) is 0 Å². The molecule has 0 aliphatic carbocycles. The average molecular weight is 324 g/mol. The maximum absolute atomic E-state index is 13.2. The van der Waals surface area contributed by atoms with Gasteiger partial charge in [-0.2, -0.15) is 0 Å². The van der Waals surface area contributed by atoms with Gasteiger partial charge in [0.05, 0.1) is 6.04 Å². The van der Waals surface area contributed by atoms with Gasteiger partial charge >= 0.3 is 0 Å². The van der Waals surface area contributed by atoms with Crippen molar-refractivity contribution in [3.05, 3.63) is 64.4 Å². The number of rotatable bonds is 3. The number of hydrogen-bond donors (Lipinski definition) is 1. The van der Waals surface area contributed by atoms with Crippen molar-refractivity contribution in [2.24, 2.45) is 0 Å². The van der Waals surface area contributed by atoms with E-state index in [2.05, 4.69) is 12.6 Å². The molecule has 21 heavy (non-hydrogen) atoms. The standard InChI is InChI=1S/C16H15ClFNOS/c1-10(12-5-3-4-6-13(12)17)19(2)16(20)11-7-8-14(18)15(21)9-11/h3-10,21H,1-2H3. The van der Waals surface area contributed by atoms with Crippen LogP contribution in [0.3, 0.4) is 0 Å². The molecule has 0 radical (unpaired) electrons. The van der Waals surface area contributed by atoms with E-state index in [0.717, 1.165) is 5.56 Å². The van der Waals surface area contributed by atoms with Crippen LogP contribution in [0, 0.1) is 5.82 Å². The third-order valence-electron chi connectivity index (χ3n) is 3.45. The van der Waals surface area contributed by atoms with Crippen LogP contribution in [-0.2, 0) is 0 Å². The summed E-state index contributed by atoms with van der Waals surface area (Å²) in [5.74, 6) is -0.658. The van der Waals surface area contributed by atoms with Gasteiger partial charge in [-0.25, -0.2) is 4.39 Å². The maximum Gasteiger partial charge on any atom is 0.254 e. The van der Waals surface area contributed by atoms with E-state index in [1.165, 1.54) is 18.2 Å². The largest absolute Gasteiger partial charge is 0.335 e. The molecule has 0 spiro atoms. The first-order valence-electron chi connectivity index (χ1n) is 6.42. The summed E-state index contributed by atoms with van der Waals surface area (Å²) in [5, 5.41) is 0.610. The fourth-order valence-electron chi connectivity index (χ4n) is 2.05. The van der Waals surface area contributed by atoms with Crippen molar-refractivity contribution < 1.29 is 9.18 Å². The highest BCUT2D eigenvalue weighted by atomic mass is 35.5. The van der Waals surface area contributed by atoms with E-state index in [4.69, 9.17) is 11.6 Å². The Morgan fingerprint density at radius 1 is 1.29 bits per heavy atom. The van der Waals surface area contributed by atoms with Crippen molar-refractivity contribution in [2.75, 3.05) is 7.05 Å². The smallest absolute Gasteiger partial charge is 0.254 e. The molecule has 110 valence electrons. The van der Waals surface area contributed by atoms with Gasteiger partial charge < -0.3 is 4.90 Å². The van der Waals surface area contributed by atoms with Crippen molar-refractivity contribution in [3.8, 4) is 0 Å². The molecule has 1 unspecified atom stereocenters. The van der Waals surface area contributed by atoms with Crippen LogP contribution in [0.2, 0.25) is 5.02 Å². The molecule has 0 bridgehead atoms. The van der Waals surface area contributed by atoms with Gasteiger partial charge in [-0.15, -0.1) is 12.6 Å². The predicted molar refractivity (Wildman–Crippen MR) is 85.6 cm³/mol. The van der Waals surface area contributed by atoms with Crippen LogP contribution in [0.25, 0.3) is 0 Å². The van der Waals surface area contributed by atoms with Crippen LogP contribution < -0.4 is 0 Å². The van der Waals surface area contributed by atoms with Gasteiger partial charge in [0, 0.05) is 22.5 Å². The monoisotopic (exact) mass is 323 g/mol. The van der Waals surface area contributed by atoms with Gasteiger partial charge in [0.2, 0.25) is 0 Å². The first-order valence-corrected chi connectivity index (χ1v) is 7.24. The predicted octanol–water partition coefficient (Wildman–Crippen LogP) is 4.60. The van der Waals surface area contributed by atoms with Crippen molar-refractivity contribution in [2.45, 2.75) is 17.9 Å². The van der Waals surface area contributed by atoms with E-state index in [0.29, 0.717) is 10.6 Å². The van der Waals surface area contributed by atoms with E-state index in [1.807, 2.05) is 25.1 Å². The third kappa shape index (κ3) is 3.39. The van der Waals surface area contributed by atoms with Gasteiger partial charge in [0.25, 0.3) is 5.91 Å². The molecule has 0 aliphatic rings. The van der Waals surface area contributed by atoms with Gasteiger partial charge in [-0.05, 0) is 36.8 Å². The number of halogens is 2. The van der Waals surface area contributed by atoms with Crippen molar-refractivity contribution in [3.63, 3.8) is 0 Å². The lowest BCUT2D eigenvalue weighted by atomic mass is 10.1. The molecule has 1 atom stereocenters. The number of hydrogen-bond acceptors (Lipinski definition) is 2. The normalized spacial score (nSPS) is 12.0. The summed E-state index contributed by atoms with van der Waals surface area (Å²) >= 11 is 10.2. The number of benzene rings is 2. The fraction of sp³-hybridized carbons (Fsp3) is 0.188. The summed E-state index contributed by atoms with van der Waals surface area (Å²) in [5.41, 5.74) is 1.26. The van der Waals surface area contributed by atoms with Crippen LogP contribution in [0.5, 0.6) is 0 Å². The van der Waals surface area contributed by atoms with Crippen LogP contribution in [0.4, 0.5) is 4.39 Å². The first-order chi connectivity index (χ1) is 9.91. The highest BCUT2D eigenvalue weighted by Crippen LogP contribution is 2.27. The Kier molecular flexibility index (Phi) is 4.91. The summed E-state index contributed by atoms with van der Waals surface area (Å²) in [4.78, 5) is 14.2. The molecule has 2 rings (SSSR count). The molecule has 2 aromatic rings. The fourth-order valence-corrected chi connectivity index (χ4v) is 2.56. The molecule has 0 aliphatic heterocycles. The summed E-state index contributed by atoms with van der Waals surface area (Å²) in [6, 6.07) is 11.3. The van der Waals surface area contributed by atoms with Crippen LogP contribution >= 0.6 is 24.2 Å². The van der Waals surface area contributed by atoms with Crippen LogP contribution in [-0.4, -0.2) is 17.9 Å². The molecule has 0 saturated carbocycles. The molecular formula is C16H15ClFNOS. The van der Waals surface area contributed by atoms with E-state index in [1.54, 1.807) is 18.0 Å². The van der Waals surface area contributed by atoms with E-state index >= 15 is 0 Å². The van der Waals surface area contributed by atoms with Crippen LogP contribution in [0.15, 0.2) is 47.4 Å². The SMILES string of the molecule is CC(c1ccccc1Cl)N(C)C(=O)c1ccc(F)c(S)c1. The third-order valence-corrected chi connectivity index (χ3v) is 4.14. The van der Waals surface area contributed by atoms with Gasteiger partial charge in [0.1, 0.15) is 5.82 Å². The van der Waals surface area contributed by atoms with Crippen molar-refractivity contribution in [1.29, 1.82) is 0 Å². The Morgan fingerprint density at radius 2 is 1.95 bits per heavy atom. The lowest BCUT2D eigenvalue weighted by molar-refractivity contribution is 0.0742. The minimum absolute atomic E-state index is 0.152. The Bertz CT molecular complexity index is 677. The van der Waals surface area contributed by atoms with E-state index < -0.39 is 5.82 Å². The van der Waals surface area contributed by atoms with Gasteiger partial charge in [-0.3, -0.25) is 4.79 Å². The van der Waals surface area contributed by atoms with Crippen molar-refractivity contribution in [1.82, 2.24) is 4.90 Å². The minimum atomic E-state index is -0.448. The first kappa shape index (κ1) is 15.9. The Balaban J connectivity index is 2.26. The molecular weight excluding hydrogens is 309 g/mol. The zero-order valence-electron chi connectivity index (χ0n) is 11.7. The molecule has 0 heterocycles. The number of amides is 1. The maximum atomic E-state index is 13.2. The summed E-state index contributed by atoms with van der Waals surface area (Å²) in [6.45, 7) is 1.89. The number of carbonyl (C=O) groups excluding carboxylic acids is 1. The molecule has 0 saturated heterocycles. The summed E-state index contributed by atoms with van der Waals surface area (Å²) in [6.07, 6.45) is 0. The highest BCUT2D eigenvalue weighted by molar-refractivity contribution is 7.80. The zero-order valence-corrected chi connectivity index (χ0v) is 13.3. The molecule has 1 amide bonds. The van der Waals surface area contributed by atoms with E-state index in [9.17, 15) is 9.18 Å². The summed E-state index contributed by atoms with van der Waals surface area (Å²) in [7, 11) is 1.69. The Morgan fingerprint density at radius 3 is 2.57 bits per heavy atom. The highest BCUT2D eigenvalue weighted by Gasteiger charge is 2.21. The van der Waals surface area contributed by atoms with Gasteiger partial charge in [-0.1, -0.05) is 29.8 Å². The zero-order chi connectivity index (χ0) is 15.6. The summed E-state index contributed by atoms with van der Waals surface area (Å²) < 4.78 is 13.2. The number of thiol groups is 1. The second-order valence-electron chi connectivity index (χ2n) is 4.78. The number of nitrogens with zero attached hydrogens (tertiary/aromatic N) is 1. The Labute approximate surface area is 133 Å². The number of carbonyl (C=O) groups is 1. The van der Waals surface area contributed by atoms with Crippen LogP contribution in [0.1, 0.15) is 28.9 Å².